The molecule has 2 unspecified atom stereocenters. The van der Waals surface area contributed by atoms with Crippen LogP contribution in [0.15, 0.2) is 23.5 Å². The minimum atomic E-state index is -5.17. The highest BCUT2D eigenvalue weighted by atomic mass is 32.3. The number of carbonyl (C=O) groups is 1. The fourth-order valence-corrected chi connectivity index (χ4v) is 1.62. The molecule has 2 atom stereocenters. The van der Waals surface area contributed by atoms with Gasteiger partial charge in [-0.25, -0.2) is 8.98 Å². The molecule has 0 radical (unpaired) electrons. The summed E-state index contributed by atoms with van der Waals surface area (Å²) in [4.78, 5) is 10.5. The molecule has 0 spiro atoms. The van der Waals surface area contributed by atoms with Crippen molar-refractivity contribution in [2.45, 2.75) is 11.9 Å². The van der Waals surface area contributed by atoms with Crippen LogP contribution in [0.5, 0.6) is 0 Å². The maximum Gasteiger partial charge on any atom is 0.400 e. The van der Waals surface area contributed by atoms with Crippen LogP contribution in [0.1, 0.15) is 0 Å². The number of carboxylic acids is 1. The Morgan fingerprint density at radius 2 is 2.00 bits per heavy atom. The van der Waals surface area contributed by atoms with E-state index in [1.165, 1.54) is 0 Å². The second-order valence-electron chi connectivity index (χ2n) is 3.11. The van der Waals surface area contributed by atoms with Gasteiger partial charge in [0, 0.05) is 0 Å². The lowest BCUT2D eigenvalue weighted by atomic mass is 9.97. The van der Waals surface area contributed by atoms with Gasteiger partial charge in [0.25, 0.3) is 5.79 Å². The molecule has 0 saturated heterocycles. The van der Waals surface area contributed by atoms with Crippen LogP contribution >= 0.6 is 0 Å². The zero-order valence-electron chi connectivity index (χ0n) is 8.01. The molecule has 1 rings (SSSR count). The average Bonchev–Trinajstić information content (AvgIpc) is 2.11. The Morgan fingerprint density at radius 3 is 2.35 bits per heavy atom. The largest absolute Gasteiger partial charge is 0.507 e. The van der Waals surface area contributed by atoms with Crippen molar-refractivity contribution in [2.24, 2.45) is 0 Å². The number of hydrogen-bond acceptors (Lipinski definition) is 7. The third-order valence-corrected chi connectivity index (χ3v) is 2.34. The summed E-state index contributed by atoms with van der Waals surface area (Å²) in [7, 11) is -5.17. The van der Waals surface area contributed by atoms with Crippen molar-refractivity contribution < 1.29 is 42.4 Å². The van der Waals surface area contributed by atoms with Gasteiger partial charge < -0.3 is 20.4 Å². The number of carboxylic acid groups (broad SMARTS) is 1. The smallest absolute Gasteiger partial charge is 0.400 e. The van der Waals surface area contributed by atoms with Crippen LogP contribution < -0.4 is 0 Å². The van der Waals surface area contributed by atoms with Crippen molar-refractivity contribution in [1.29, 1.82) is 0 Å². The highest BCUT2D eigenvalue weighted by Crippen LogP contribution is 2.29. The van der Waals surface area contributed by atoms with Gasteiger partial charge in [-0.1, -0.05) is 0 Å². The predicted molar refractivity (Wildman–Crippen MR) is 50.0 cm³/mol. The van der Waals surface area contributed by atoms with Crippen LogP contribution in [0.3, 0.4) is 0 Å². The van der Waals surface area contributed by atoms with Crippen molar-refractivity contribution in [2.75, 3.05) is 0 Å². The molecule has 0 aromatic rings. The fourth-order valence-electron chi connectivity index (χ4n) is 1.12. The molecule has 17 heavy (non-hydrogen) atoms. The van der Waals surface area contributed by atoms with Crippen LogP contribution in [0, 0.1) is 0 Å². The third kappa shape index (κ3) is 2.81. The topological polar surface area (TPSA) is 162 Å². The van der Waals surface area contributed by atoms with Crippen molar-refractivity contribution in [3.05, 3.63) is 23.5 Å². The monoisotopic (exact) mass is 268 g/mol. The normalized spacial score (nSPS) is 29.5. The number of aliphatic hydroxyl groups excluding tert-OH is 2. The summed E-state index contributed by atoms with van der Waals surface area (Å²) in [5.74, 6) is -5.96. The molecule has 9 nitrogen and oxygen atoms in total. The molecule has 1 aliphatic rings. The van der Waals surface area contributed by atoms with Gasteiger partial charge in [0.05, 0.1) is 5.57 Å². The van der Waals surface area contributed by atoms with Crippen LogP contribution in [-0.2, 0) is 19.4 Å². The first-order valence-corrected chi connectivity index (χ1v) is 5.37. The van der Waals surface area contributed by atoms with Crippen molar-refractivity contribution in [3.63, 3.8) is 0 Å². The van der Waals surface area contributed by atoms with Gasteiger partial charge >= 0.3 is 16.4 Å². The first-order valence-electron chi connectivity index (χ1n) is 4.01. The van der Waals surface area contributed by atoms with Gasteiger partial charge in [-0.2, -0.15) is 8.42 Å². The number of hydrogen-bond donors (Lipinski definition) is 5. The number of aliphatic carboxylic acids is 1. The molecule has 96 valence electrons. The fraction of sp³-hybridized carbons (Fsp3) is 0.286. The quantitative estimate of drug-likeness (QED) is 0.297. The Hall–Kier alpha value is -1.46. The summed E-state index contributed by atoms with van der Waals surface area (Å²) >= 11 is 0. The van der Waals surface area contributed by atoms with Crippen molar-refractivity contribution >= 4 is 16.4 Å². The van der Waals surface area contributed by atoms with E-state index >= 15 is 0 Å². The summed E-state index contributed by atoms with van der Waals surface area (Å²) in [6.45, 7) is 0. The van der Waals surface area contributed by atoms with Gasteiger partial charge in [-0.3, -0.25) is 4.55 Å². The summed E-state index contributed by atoms with van der Waals surface area (Å²) in [5, 5.41) is 36.5. The van der Waals surface area contributed by atoms with E-state index in [-0.39, 0.29) is 0 Å². The average molecular weight is 268 g/mol. The van der Waals surface area contributed by atoms with E-state index in [4.69, 9.17) is 9.66 Å². The second-order valence-corrected chi connectivity index (χ2v) is 4.13. The molecule has 0 bridgehead atoms. The maximum atomic E-state index is 10.5. The zero-order valence-corrected chi connectivity index (χ0v) is 8.83. The first kappa shape index (κ1) is 13.6. The number of aliphatic hydroxyl groups is 3. The number of rotatable bonds is 3. The molecule has 0 aliphatic heterocycles. The Morgan fingerprint density at radius 1 is 1.47 bits per heavy atom. The van der Waals surface area contributed by atoms with E-state index in [1.54, 1.807) is 0 Å². The second kappa shape index (κ2) is 4.09. The molecule has 0 aromatic heterocycles. The van der Waals surface area contributed by atoms with E-state index < -0.39 is 39.6 Å². The summed E-state index contributed by atoms with van der Waals surface area (Å²) in [5.41, 5.74) is -0.585. The minimum absolute atomic E-state index is 0.472. The molecule has 1 aliphatic carbocycles. The van der Waals surface area contributed by atoms with E-state index in [9.17, 15) is 28.5 Å². The lowest BCUT2D eigenvalue weighted by Crippen LogP contribution is -2.49. The highest BCUT2D eigenvalue weighted by Gasteiger charge is 2.47. The lowest BCUT2D eigenvalue weighted by molar-refractivity contribution is -0.184. The lowest BCUT2D eigenvalue weighted by Gasteiger charge is -2.30. The Bertz CT molecular complexity index is 501. The van der Waals surface area contributed by atoms with Gasteiger partial charge in [0.1, 0.15) is 6.10 Å². The summed E-state index contributed by atoms with van der Waals surface area (Å²) in [6, 6.07) is 0. The van der Waals surface area contributed by atoms with E-state index in [0.29, 0.717) is 12.2 Å². The van der Waals surface area contributed by atoms with Gasteiger partial charge in [0.15, 0.2) is 5.76 Å². The molecule has 0 fully saturated rings. The van der Waals surface area contributed by atoms with E-state index in [0.717, 1.165) is 0 Å². The first-order chi connectivity index (χ1) is 7.56. The maximum absolute atomic E-state index is 10.5. The van der Waals surface area contributed by atoms with Crippen molar-refractivity contribution in [3.8, 4) is 0 Å². The van der Waals surface area contributed by atoms with Gasteiger partial charge in [-0.05, 0) is 12.2 Å². The highest BCUT2D eigenvalue weighted by molar-refractivity contribution is 7.80. The Kier molecular flexibility index (Phi) is 3.27. The molecular formula is C7H8O9S. The molecule has 0 aromatic carbocycles. The van der Waals surface area contributed by atoms with Crippen molar-refractivity contribution in [1.82, 2.24) is 0 Å². The Balaban J connectivity index is 3.16. The van der Waals surface area contributed by atoms with E-state index in [1.807, 2.05) is 0 Å². The minimum Gasteiger partial charge on any atom is -0.507 e. The summed E-state index contributed by atoms with van der Waals surface area (Å²) in [6.07, 6.45) is -1.19. The molecular weight excluding hydrogens is 260 g/mol. The molecule has 0 heterocycles. The molecule has 0 amide bonds. The molecule has 5 N–H and O–H groups in total. The van der Waals surface area contributed by atoms with Crippen LogP contribution in [0.2, 0.25) is 0 Å². The van der Waals surface area contributed by atoms with E-state index in [2.05, 4.69) is 4.18 Å². The Labute approximate surface area is 94.8 Å². The summed E-state index contributed by atoms with van der Waals surface area (Å²) < 4.78 is 32.8. The standard InChI is InChI=1S/C7H8O9S/c8-4-1-3(6(10)11)2-5(9)7(4,12)16-17(13,14)15/h1-2,4,8-9,12H,(H,10,11)(H,13,14,15). The van der Waals surface area contributed by atoms with Crippen LogP contribution in [0.25, 0.3) is 0 Å². The molecule has 10 heteroatoms. The third-order valence-electron chi connectivity index (χ3n) is 1.88. The molecule has 0 saturated carbocycles. The SMILES string of the molecule is O=C(O)C1=CC(O)C(O)(OS(=O)(=O)O)C(O)=C1. The van der Waals surface area contributed by atoms with Crippen LogP contribution in [0.4, 0.5) is 0 Å². The van der Waals surface area contributed by atoms with Gasteiger partial charge in [0.2, 0.25) is 0 Å². The van der Waals surface area contributed by atoms with Gasteiger partial charge in [-0.15, -0.1) is 0 Å². The predicted octanol–water partition coefficient (Wildman–Crippen LogP) is -1.68. The van der Waals surface area contributed by atoms with Crippen LogP contribution in [-0.4, -0.2) is 51.3 Å². The zero-order chi connectivity index (χ0) is 13.4.